The van der Waals surface area contributed by atoms with Crippen molar-refractivity contribution in [2.45, 2.75) is 33.6 Å². The first-order chi connectivity index (χ1) is 6.06. The molecule has 78 valence electrons. The molecule has 1 aliphatic heterocycles. The standard InChI is InChI=1S/C11H23NO/c1-9(2)4-10(6-12)5-11(3)7-13-8-11/h9-10H,4-8,12H2,1-3H3. The van der Waals surface area contributed by atoms with E-state index in [1.165, 1.54) is 12.8 Å². The minimum atomic E-state index is 0.429. The average Bonchev–Trinajstić information content (AvgIpc) is 1.99. The van der Waals surface area contributed by atoms with Crippen LogP contribution in [-0.4, -0.2) is 19.8 Å². The summed E-state index contributed by atoms with van der Waals surface area (Å²) in [6, 6.07) is 0. The zero-order valence-corrected chi connectivity index (χ0v) is 9.18. The Hall–Kier alpha value is -0.0800. The molecule has 0 aromatic rings. The molecule has 0 saturated carbocycles. The van der Waals surface area contributed by atoms with Crippen molar-refractivity contribution in [3.8, 4) is 0 Å². The van der Waals surface area contributed by atoms with Gasteiger partial charge in [0.25, 0.3) is 0 Å². The molecule has 1 saturated heterocycles. The van der Waals surface area contributed by atoms with E-state index in [4.69, 9.17) is 10.5 Å². The van der Waals surface area contributed by atoms with Crippen LogP contribution in [0.5, 0.6) is 0 Å². The van der Waals surface area contributed by atoms with Crippen molar-refractivity contribution in [2.75, 3.05) is 19.8 Å². The van der Waals surface area contributed by atoms with Gasteiger partial charge in [0.1, 0.15) is 0 Å². The van der Waals surface area contributed by atoms with Crippen LogP contribution in [0.4, 0.5) is 0 Å². The maximum atomic E-state index is 5.77. The van der Waals surface area contributed by atoms with E-state index in [2.05, 4.69) is 20.8 Å². The Morgan fingerprint density at radius 3 is 2.31 bits per heavy atom. The molecule has 0 amide bonds. The lowest BCUT2D eigenvalue weighted by Gasteiger charge is -2.40. The first-order valence-corrected chi connectivity index (χ1v) is 5.33. The number of hydrogen-bond acceptors (Lipinski definition) is 2. The van der Waals surface area contributed by atoms with Crippen LogP contribution in [0.3, 0.4) is 0 Å². The summed E-state index contributed by atoms with van der Waals surface area (Å²) >= 11 is 0. The average molecular weight is 185 g/mol. The van der Waals surface area contributed by atoms with Crippen molar-refractivity contribution < 1.29 is 4.74 Å². The fraction of sp³-hybridized carbons (Fsp3) is 1.00. The molecule has 2 nitrogen and oxygen atoms in total. The molecular formula is C11H23NO. The van der Waals surface area contributed by atoms with Gasteiger partial charge in [-0.25, -0.2) is 0 Å². The van der Waals surface area contributed by atoms with Gasteiger partial charge in [-0.1, -0.05) is 20.8 Å². The van der Waals surface area contributed by atoms with Crippen molar-refractivity contribution in [1.82, 2.24) is 0 Å². The van der Waals surface area contributed by atoms with Crippen LogP contribution in [0.25, 0.3) is 0 Å². The molecule has 13 heavy (non-hydrogen) atoms. The Bertz CT molecular complexity index is 152. The third kappa shape index (κ3) is 3.28. The summed E-state index contributed by atoms with van der Waals surface area (Å²) in [5, 5.41) is 0. The van der Waals surface area contributed by atoms with Gasteiger partial charge in [-0.05, 0) is 31.2 Å². The van der Waals surface area contributed by atoms with Crippen molar-refractivity contribution >= 4 is 0 Å². The molecule has 1 rings (SSSR count). The molecule has 1 atom stereocenters. The summed E-state index contributed by atoms with van der Waals surface area (Å²) in [6.07, 6.45) is 2.49. The van der Waals surface area contributed by atoms with Gasteiger partial charge in [-0.3, -0.25) is 0 Å². The molecule has 0 aromatic heterocycles. The van der Waals surface area contributed by atoms with E-state index >= 15 is 0 Å². The Morgan fingerprint density at radius 1 is 1.38 bits per heavy atom. The van der Waals surface area contributed by atoms with Crippen LogP contribution >= 0.6 is 0 Å². The van der Waals surface area contributed by atoms with Crippen LogP contribution in [0.2, 0.25) is 0 Å². The third-order valence-electron chi connectivity index (χ3n) is 2.82. The molecule has 0 bridgehead atoms. The highest BCUT2D eigenvalue weighted by molar-refractivity contribution is 4.83. The molecule has 0 radical (unpaired) electrons. The van der Waals surface area contributed by atoms with Crippen LogP contribution in [0.1, 0.15) is 33.6 Å². The monoisotopic (exact) mass is 185 g/mol. The topological polar surface area (TPSA) is 35.2 Å². The van der Waals surface area contributed by atoms with Crippen molar-refractivity contribution in [3.63, 3.8) is 0 Å². The lowest BCUT2D eigenvalue weighted by molar-refractivity contribution is -0.113. The minimum Gasteiger partial charge on any atom is -0.380 e. The predicted octanol–water partition coefficient (Wildman–Crippen LogP) is 2.03. The lowest BCUT2D eigenvalue weighted by atomic mass is 9.77. The van der Waals surface area contributed by atoms with Crippen molar-refractivity contribution in [1.29, 1.82) is 0 Å². The highest BCUT2D eigenvalue weighted by Crippen LogP contribution is 2.35. The van der Waals surface area contributed by atoms with E-state index in [0.717, 1.165) is 25.7 Å². The molecular weight excluding hydrogens is 162 g/mol. The van der Waals surface area contributed by atoms with E-state index in [-0.39, 0.29) is 0 Å². The van der Waals surface area contributed by atoms with E-state index in [0.29, 0.717) is 11.3 Å². The van der Waals surface area contributed by atoms with Crippen LogP contribution in [-0.2, 0) is 4.74 Å². The predicted molar refractivity (Wildman–Crippen MR) is 55.5 cm³/mol. The minimum absolute atomic E-state index is 0.429. The molecule has 1 aliphatic rings. The fourth-order valence-electron chi connectivity index (χ4n) is 2.19. The summed E-state index contributed by atoms with van der Waals surface area (Å²) < 4.78 is 5.25. The van der Waals surface area contributed by atoms with Gasteiger partial charge in [0.05, 0.1) is 13.2 Å². The molecule has 1 heterocycles. The number of rotatable bonds is 5. The highest BCUT2D eigenvalue weighted by Gasteiger charge is 2.35. The smallest absolute Gasteiger partial charge is 0.0542 e. The fourth-order valence-corrected chi connectivity index (χ4v) is 2.19. The summed E-state index contributed by atoms with van der Waals surface area (Å²) in [6.45, 7) is 9.53. The van der Waals surface area contributed by atoms with Gasteiger partial charge in [0.15, 0.2) is 0 Å². The maximum absolute atomic E-state index is 5.77. The highest BCUT2D eigenvalue weighted by atomic mass is 16.5. The summed E-state index contributed by atoms with van der Waals surface area (Å²) in [5.74, 6) is 1.45. The molecule has 0 aliphatic carbocycles. The Balaban J connectivity index is 2.30. The Morgan fingerprint density at radius 2 is 2.00 bits per heavy atom. The SMILES string of the molecule is CC(C)CC(CN)CC1(C)COC1. The molecule has 1 fully saturated rings. The van der Waals surface area contributed by atoms with E-state index in [1.54, 1.807) is 0 Å². The second-order valence-corrected chi connectivity index (χ2v) is 5.24. The second kappa shape index (κ2) is 4.43. The van der Waals surface area contributed by atoms with Crippen LogP contribution in [0.15, 0.2) is 0 Å². The maximum Gasteiger partial charge on any atom is 0.0542 e. The zero-order chi connectivity index (χ0) is 9.90. The first-order valence-electron chi connectivity index (χ1n) is 5.33. The van der Waals surface area contributed by atoms with Gasteiger partial charge in [0.2, 0.25) is 0 Å². The van der Waals surface area contributed by atoms with Crippen LogP contribution < -0.4 is 5.73 Å². The van der Waals surface area contributed by atoms with Crippen molar-refractivity contribution in [2.24, 2.45) is 23.0 Å². The number of ether oxygens (including phenoxy) is 1. The summed E-state index contributed by atoms with van der Waals surface area (Å²) in [5.41, 5.74) is 6.20. The van der Waals surface area contributed by atoms with Gasteiger partial charge in [-0.15, -0.1) is 0 Å². The van der Waals surface area contributed by atoms with Crippen LogP contribution in [0, 0.1) is 17.3 Å². The van der Waals surface area contributed by atoms with E-state index in [1.807, 2.05) is 0 Å². The quantitative estimate of drug-likeness (QED) is 0.711. The largest absolute Gasteiger partial charge is 0.380 e. The lowest BCUT2D eigenvalue weighted by Crippen LogP contribution is -2.42. The van der Waals surface area contributed by atoms with Gasteiger partial charge < -0.3 is 10.5 Å². The summed E-state index contributed by atoms with van der Waals surface area (Å²) in [4.78, 5) is 0. The second-order valence-electron chi connectivity index (χ2n) is 5.24. The van der Waals surface area contributed by atoms with E-state index in [9.17, 15) is 0 Å². The molecule has 2 heteroatoms. The van der Waals surface area contributed by atoms with Crippen molar-refractivity contribution in [3.05, 3.63) is 0 Å². The normalized spacial score (nSPS) is 22.8. The summed E-state index contributed by atoms with van der Waals surface area (Å²) in [7, 11) is 0. The Kier molecular flexibility index (Phi) is 3.74. The molecule has 0 spiro atoms. The van der Waals surface area contributed by atoms with Gasteiger partial charge >= 0.3 is 0 Å². The van der Waals surface area contributed by atoms with Gasteiger partial charge in [0, 0.05) is 5.41 Å². The molecule has 2 N–H and O–H groups in total. The Labute approximate surface area is 81.8 Å². The van der Waals surface area contributed by atoms with Gasteiger partial charge in [-0.2, -0.15) is 0 Å². The number of nitrogens with two attached hydrogens (primary N) is 1. The molecule has 0 aromatic carbocycles. The van der Waals surface area contributed by atoms with E-state index < -0.39 is 0 Å². The zero-order valence-electron chi connectivity index (χ0n) is 9.18. The third-order valence-corrected chi connectivity index (χ3v) is 2.82. The number of hydrogen-bond donors (Lipinski definition) is 1. The first kappa shape index (κ1) is 11.0. The molecule has 1 unspecified atom stereocenters.